The number of carbonyl (C=O) groups is 2. The highest BCUT2D eigenvalue weighted by Gasteiger charge is 2.36. The van der Waals surface area contributed by atoms with Crippen LogP contribution < -0.4 is 10.6 Å². The van der Waals surface area contributed by atoms with Gasteiger partial charge in [0.2, 0.25) is 0 Å². The van der Waals surface area contributed by atoms with E-state index in [1.165, 1.54) is 0 Å². The van der Waals surface area contributed by atoms with Crippen LogP contribution in [0.5, 0.6) is 0 Å². The van der Waals surface area contributed by atoms with Crippen molar-refractivity contribution in [3.63, 3.8) is 0 Å². The standard InChI is InChI=1S/C16H22N2O3/c1-4-10-9-13(10)18-15(21)17-12-7-5-11(6-8-12)16(2,3)14(19)20/h5-8,10,13H,4,9H2,1-3H3,(H,19,20)(H2,17,18,21). The lowest BCUT2D eigenvalue weighted by Gasteiger charge is -2.19. The van der Waals surface area contributed by atoms with Crippen LogP contribution in [-0.2, 0) is 10.2 Å². The van der Waals surface area contributed by atoms with Crippen molar-refractivity contribution >= 4 is 17.7 Å². The summed E-state index contributed by atoms with van der Waals surface area (Å²) in [5, 5.41) is 14.9. The van der Waals surface area contributed by atoms with Crippen LogP contribution >= 0.6 is 0 Å². The monoisotopic (exact) mass is 290 g/mol. The topological polar surface area (TPSA) is 78.4 Å². The summed E-state index contributed by atoms with van der Waals surface area (Å²) >= 11 is 0. The highest BCUT2D eigenvalue weighted by atomic mass is 16.4. The van der Waals surface area contributed by atoms with Gasteiger partial charge in [0.25, 0.3) is 0 Å². The van der Waals surface area contributed by atoms with Gasteiger partial charge in [-0.15, -0.1) is 0 Å². The third-order valence-corrected chi connectivity index (χ3v) is 4.16. The van der Waals surface area contributed by atoms with Gasteiger partial charge < -0.3 is 15.7 Å². The molecule has 0 heterocycles. The summed E-state index contributed by atoms with van der Waals surface area (Å²) in [4.78, 5) is 23.0. The summed E-state index contributed by atoms with van der Waals surface area (Å²) in [6.45, 7) is 5.43. The largest absolute Gasteiger partial charge is 0.481 e. The number of carboxylic acids is 1. The number of anilines is 1. The summed E-state index contributed by atoms with van der Waals surface area (Å²) < 4.78 is 0. The van der Waals surface area contributed by atoms with Crippen molar-refractivity contribution in [2.45, 2.75) is 45.1 Å². The van der Waals surface area contributed by atoms with E-state index in [0.29, 0.717) is 23.2 Å². The van der Waals surface area contributed by atoms with Crippen molar-refractivity contribution < 1.29 is 14.7 Å². The molecule has 1 aromatic rings. The molecule has 1 saturated carbocycles. The van der Waals surface area contributed by atoms with Crippen LogP contribution in [0, 0.1) is 5.92 Å². The number of urea groups is 1. The maximum absolute atomic E-state index is 11.8. The van der Waals surface area contributed by atoms with Crippen LogP contribution in [-0.4, -0.2) is 23.1 Å². The summed E-state index contributed by atoms with van der Waals surface area (Å²) in [6, 6.07) is 7.00. The first-order valence-corrected chi connectivity index (χ1v) is 7.26. The van der Waals surface area contributed by atoms with Crippen LogP contribution in [0.15, 0.2) is 24.3 Å². The molecule has 5 heteroatoms. The van der Waals surface area contributed by atoms with Crippen LogP contribution in [0.3, 0.4) is 0 Å². The van der Waals surface area contributed by atoms with E-state index in [4.69, 9.17) is 0 Å². The van der Waals surface area contributed by atoms with Gasteiger partial charge in [-0.3, -0.25) is 4.79 Å². The van der Waals surface area contributed by atoms with Crippen LogP contribution in [0.25, 0.3) is 0 Å². The molecular weight excluding hydrogens is 268 g/mol. The fraction of sp³-hybridized carbons (Fsp3) is 0.500. The van der Waals surface area contributed by atoms with E-state index in [1.807, 2.05) is 0 Å². The fourth-order valence-corrected chi connectivity index (χ4v) is 2.30. The fourth-order valence-electron chi connectivity index (χ4n) is 2.30. The second-order valence-electron chi connectivity index (χ2n) is 6.12. The molecule has 1 aliphatic rings. The Balaban J connectivity index is 1.93. The van der Waals surface area contributed by atoms with Gasteiger partial charge in [0.15, 0.2) is 0 Å². The molecular formula is C16H22N2O3. The highest BCUT2D eigenvalue weighted by molar-refractivity contribution is 5.90. The van der Waals surface area contributed by atoms with Gasteiger partial charge in [-0.2, -0.15) is 0 Å². The quantitative estimate of drug-likeness (QED) is 0.780. The van der Waals surface area contributed by atoms with E-state index in [1.54, 1.807) is 38.1 Å². The van der Waals surface area contributed by atoms with Crippen LogP contribution in [0.2, 0.25) is 0 Å². The van der Waals surface area contributed by atoms with Crippen LogP contribution in [0.1, 0.15) is 39.2 Å². The first kappa shape index (κ1) is 15.4. The van der Waals surface area contributed by atoms with E-state index < -0.39 is 11.4 Å². The Labute approximate surface area is 124 Å². The molecule has 1 aliphatic carbocycles. The Morgan fingerprint density at radius 1 is 1.29 bits per heavy atom. The normalized spacial score (nSPS) is 20.7. The number of nitrogens with one attached hydrogen (secondary N) is 2. The maximum atomic E-state index is 11.8. The zero-order valence-electron chi connectivity index (χ0n) is 12.6. The Morgan fingerprint density at radius 3 is 2.38 bits per heavy atom. The summed E-state index contributed by atoms with van der Waals surface area (Å²) in [6.07, 6.45) is 2.14. The molecule has 0 bridgehead atoms. The first-order valence-electron chi connectivity index (χ1n) is 7.26. The van der Waals surface area contributed by atoms with Crippen molar-refractivity contribution in [3.8, 4) is 0 Å². The Morgan fingerprint density at radius 2 is 1.90 bits per heavy atom. The van der Waals surface area contributed by atoms with E-state index in [2.05, 4.69) is 17.6 Å². The van der Waals surface area contributed by atoms with E-state index in [0.717, 1.165) is 12.8 Å². The SMILES string of the molecule is CCC1CC1NC(=O)Nc1ccc(C(C)(C)C(=O)O)cc1. The number of hydrogen-bond acceptors (Lipinski definition) is 2. The van der Waals surface area contributed by atoms with Crippen molar-refractivity contribution in [1.82, 2.24) is 5.32 Å². The van der Waals surface area contributed by atoms with E-state index in [-0.39, 0.29) is 6.03 Å². The van der Waals surface area contributed by atoms with Gasteiger partial charge in [0.1, 0.15) is 0 Å². The molecule has 3 N–H and O–H groups in total. The van der Waals surface area contributed by atoms with Gasteiger partial charge in [0.05, 0.1) is 5.41 Å². The van der Waals surface area contributed by atoms with Gasteiger partial charge in [-0.05, 0) is 43.9 Å². The molecule has 0 aliphatic heterocycles. The summed E-state index contributed by atoms with van der Waals surface area (Å²) in [5.41, 5.74) is 0.420. The number of amides is 2. The molecule has 2 atom stereocenters. The third-order valence-electron chi connectivity index (χ3n) is 4.16. The van der Waals surface area contributed by atoms with Crippen molar-refractivity contribution in [2.75, 3.05) is 5.32 Å². The third kappa shape index (κ3) is 3.54. The van der Waals surface area contributed by atoms with E-state index >= 15 is 0 Å². The predicted molar refractivity (Wildman–Crippen MR) is 81.4 cm³/mol. The number of carbonyl (C=O) groups excluding carboxylic acids is 1. The maximum Gasteiger partial charge on any atom is 0.319 e. The lowest BCUT2D eigenvalue weighted by Crippen LogP contribution is -2.31. The molecule has 5 nitrogen and oxygen atoms in total. The second-order valence-corrected chi connectivity index (χ2v) is 6.12. The zero-order valence-corrected chi connectivity index (χ0v) is 12.6. The summed E-state index contributed by atoms with van der Waals surface area (Å²) in [7, 11) is 0. The molecule has 21 heavy (non-hydrogen) atoms. The molecule has 0 aromatic heterocycles. The second kappa shape index (κ2) is 5.76. The molecule has 2 rings (SSSR count). The van der Waals surface area contributed by atoms with Gasteiger partial charge >= 0.3 is 12.0 Å². The minimum Gasteiger partial charge on any atom is -0.481 e. The number of rotatable bonds is 5. The lowest BCUT2D eigenvalue weighted by molar-refractivity contribution is -0.142. The molecule has 0 saturated heterocycles. The molecule has 2 unspecified atom stereocenters. The molecule has 2 amide bonds. The minimum atomic E-state index is -0.941. The number of hydrogen-bond donors (Lipinski definition) is 3. The molecule has 0 radical (unpaired) electrons. The average molecular weight is 290 g/mol. The molecule has 1 aromatic carbocycles. The smallest absolute Gasteiger partial charge is 0.319 e. The lowest BCUT2D eigenvalue weighted by atomic mass is 9.85. The zero-order chi connectivity index (χ0) is 15.6. The number of aliphatic carboxylic acids is 1. The Bertz CT molecular complexity index is 537. The van der Waals surface area contributed by atoms with Crippen molar-refractivity contribution in [2.24, 2.45) is 5.92 Å². The van der Waals surface area contributed by atoms with Crippen LogP contribution in [0.4, 0.5) is 10.5 Å². The number of benzene rings is 1. The van der Waals surface area contributed by atoms with Crippen molar-refractivity contribution in [1.29, 1.82) is 0 Å². The molecule has 0 spiro atoms. The predicted octanol–water partition coefficient (Wildman–Crippen LogP) is 2.97. The average Bonchev–Trinajstić information content (AvgIpc) is 3.17. The minimum absolute atomic E-state index is 0.207. The molecule has 114 valence electrons. The number of carboxylic acid groups (broad SMARTS) is 1. The van der Waals surface area contributed by atoms with Gasteiger partial charge in [-0.1, -0.05) is 25.5 Å². The van der Waals surface area contributed by atoms with E-state index in [9.17, 15) is 14.7 Å². The summed E-state index contributed by atoms with van der Waals surface area (Å²) in [5.74, 6) is -0.269. The Hall–Kier alpha value is -2.04. The Kier molecular flexibility index (Phi) is 4.21. The van der Waals surface area contributed by atoms with Gasteiger partial charge in [0, 0.05) is 11.7 Å². The molecule has 1 fully saturated rings. The van der Waals surface area contributed by atoms with Gasteiger partial charge in [-0.25, -0.2) is 4.79 Å². The van der Waals surface area contributed by atoms with Crippen molar-refractivity contribution in [3.05, 3.63) is 29.8 Å². The highest BCUT2D eigenvalue weighted by Crippen LogP contribution is 2.33. The first-order chi connectivity index (χ1) is 9.84.